The number of urea groups is 1. The molecule has 0 saturated heterocycles. The fourth-order valence-corrected chi connectivity index (χ4v) is 3.30. The first kappa shape index (κ1) is 16.6. The lowest BCUT2D eigenvalue weighted by atomic mass is 10.0. The Hall–Kier alpha value is -2.86. The number of fused-ring (bicyclic) bond motifs is 1. The van der Waals surface area contributed by atoms with E-state index in [0.717, 1.165) is 11.3 Å². The molecule has 0 radical (unpaired) electrons. The Kier molecular flexibility index (Phi) is 4.34. The number of aromatic nitrogens is 2. The number of carbonyl (C=O) groups excluding carboxylic acids is 1. The molecule has 0 aliphatic carbocycles. The van der Waals surface area contributed by atoms with Gasteiger partial charge in [-0.3, -0.25) is 5.10 Å². The van der Waals surface area contributed by atoms with Crippen LogP contribution in [0, 0.1) is 5.82 Å². The third kappa shape index (κ3) is 3.15. The van der Waals surface area contributed by atoms with E-state index < -0.39 is 0 Å². The Morgan fingerprint density at radius 3 is 2.88 bits per heavy atom. The molecule has 0 fully saturated rings. The van der Waals surface area contributed by atoms with E-state index in [1.54, 1.807) is 47.4 Å². The zero-order valence-electron chi connectivity index (χ0n) is 13.8. The molecular formula is C19H16ClFN4O. The van der Waals surface area contributed by atoms with Crippen LogP contribution in [0.2, 0.25) is 5.02 Å². The number of rotatable bonds is 2. The highest BCUT2D eigenvalue weighted by Gasteiger charge is 2.26. The molecule has 0 saturated carbocycles. The molecule has 5 nitrogen and oxygen atoms in total. The lowest BCUT2D eigenvalue weighted by Gasteiger charge is -2.27. The molecular weight excluding hydrogens is 355 g/mol. The predicted octanol–water partition coefficient (Wildman–Crippen LogP) is 4.46. The summed E-state index contributed by atoms with van der Waals surface area (Å²) >= 11 is 5.96. The van der Waals surface area contributed by atoms with Crippen LogP contribution in [0.1, 0.15) is 11.3 Å². The summed E-state index contributed by atoms with van der Waals surface area (Å²) in [4.78, 5) is 14.3. The van der Waals surface area contributed by atoms with Gasteiger partial charge in [0.2, 0.25) is 0 Å². The molecule has 1 aliphatic rings. The van der Waals surface area contributed by atoms with Gasteiger partial charge < -0.3 is 10.2 Å². The summed E-state index contributed by atoms with van der Waals surface area (Å²) in [5, 5.41) is 10.7. The number of nitrogens with one attached hydrogen (secondary N) is 2. The van der Waals surface area contributed by atoms with Gasteiger partial charge in [0.25, 0.3) is 0 Å². The Morgan fingerprint density at radius 2 is 2.08 bits per heavy atom. The Labute approximate surface area is 154 Å². The number of H-pyrrole nitrogens is 1. The van der Waals surface area contributed by atoms with Gasteiger partial charge in [-0.15, -0.1) is 0 Å². The van der Waals surface area contributed by atoms with Crippen LogP contribution in [0.15, 0.2) is 48.5 Å². The highest BCUT2D eigenvalue weighted by atomic mass is 35.5. The Balaban J connectivity index is 1.57. The maximum absolute atomic E-state index is 14.1. The minimum absolute atomic E-state index is 0.224. The minimum Gasteiger partial charge on any atom is -0.320 e. The summed E-state index contributed by atoms with van der Waals surface area (Å²) in [5.74, 6) is -0.331. The van der Waals surface area contributed by atoms with Crippen molar-refractivity contribution in [2.24, 2.45) is 0 Å². The van der Waals surface area contributed by atoms with Crippen molar-refractivity contribution in [1.29, 1.82) is 0 Å². The molecule has 1 aromatic heterocycles. The van der Waals surface area contributed by atoms with Gasteiger partial charge in [-0.2, -0.15) is 5.10 Å². The molecule has 0 bridgehead atoms. The number of benzene rings is 2. The van der Waals surface area contributed by atoms with E-state index in [2.05, 4.69) is 15.5 Å². The highest BCUT2D eigenvalue weighted by Crippen LogP contribution is 2.30. The van der Waals surface area contributed by atoms with Crippen molar-refractivity contribution in [3.8, 4) is 11.3 Å². The average molecular weight is 371 g/mol. The number of halogens is 2. The summed E-state index contributed by atoms with van der Waals surface area (Å²) in [5.41, 5.74) is 3.41. The standard InChI is InChI=1S/C19H16ClFN4O/c20-12-4-3-5-13(10-12)22-19(26)25-9-8-17-15(11-25)18(24-23-17)14-6-1-2-7-16(14)21/h1-7,10H,8-9,11H2,(H,22,26)(H,23,24). The van der Waals surface area contributed by atoms with Crippen LogP contribution in [0.4, 0.5) is 14.9 Å². The van der Waals surface area contributed by atoms with Crippen molar-refractivity contribution in [2.45, 2.75) is 13.0 Å². The van der Waals surface area contributed by atoms with Crippen LogP contribution in [-0.2, 0) is 13.0 Å². The third-order valence-corrected chi connectivity index (χ3v) is 4.66. The van der Waals surface area contributed by atoms with E-state index in [4.69, 9.17) is 11.6 Å². The van der Waals surface area contributed by atoms with Crippen LogP contribution >= 0.6 is 11.6 Å². The number of amides is 2. The molecule has 3 aromatic rings. The molecule has 2 heterocycles. The summed E-state index contributed by atoms with van der Waals surface area (Å²) in [6.07, 6.45) is 0.639. The topological polar surface area (TPSA) is 61.0 Å². The molecule has 4 rings (SSSR count). The Morgan fingerprint density at radius 1 is 1.23 bits per heavy atom. The summed E-state index contributed by atoms with van der Waals surface area (Å²) in [7, 11) is 0. The molecule has 0 spiro atoms. The van der Waals surface area contributed by atoms with Crippen molar-refractivity contribution in [1.82, 2.24) is 15.1 Å². The summed E-state index contributed by atoms with van der Waals surface area (Å²) in [6, 6.07) is 13.3. The number of hydrogen-bond acceptors (Lipinski definition) is 2. The minimum atomic E-state index is -0.331. The summed E-state index contributed by atoms with van der Waals surface area (Å²) in [6.45, 7) is 0.917. The molecule has 132 valence electrons. The second-order valence-corrected chi connectivity index (χ2v) is 6.56. The first-order valence-electron chi connectivity index (χ1n) is 8.24. The fraction of sp³-hybridized carbons (Fsp3) is 0.158. The van der Waals surface area contributed by atoms with E-state index in [1.165, 1.54) is 6.07 Å². The van der Waals surface area contributed by atoms with Crippen LogP contribution in [0.5, 0.6) is 0 Å². The molecule has 0 unspecified atom stereocenters. The molecule has 26 heavy (non-hydrogen) atoms. The first-order valence-corrected chi connectivity index (χ1v) is 8.62. The number of anilines is 1. The summed E-state index contributed by atoms with van der Waals surface area (Å²) < 4.78 is 14.1. The maximum atomic E-state index is 14.1. The second-order valence-electron chi connectivity index (χ2n) is 6.12. The van der Waals surface area contributed by atoms with Crippen molar-refractivity contribution in [3.05, 3.63) is 70.6 Å². The monoisotopic (exact) mass is 370 g/mol. The molecule has 2 N–H and O–H groups in total. The molecule has 1 aliphatic heterocycles. The second kappa shape index (κ2) is 6.80. The van der Waals surface area contributed by atoms with Crippen LogP contribution in [0.3, 0.4) is 0 Å². The van der Waals surface area contributed by atoms with Gasteiger partial charge in [-0.05, 0) is 30.3 Å². The SMILES string of the molecule is O=C(Nc1cccc(Cl)c1)N1CCc2[nH]nc(-c3ccccc3F)c2C1. The molecule has 2 amide bonds. The fourth-order valence-electron chi connectivity index (χ4n) is 3.11. The molecule has 2 aromatic carbocycles. The van der Waals surface area contributed by atoms with Crippen molar-refractivity contribution in [2.75, 3.05) is 11.9 Å². The maximum Gasteiger partial charge on any atom is 0.322 e. The predicted molar refractivity (Wildman–Crippen MR) is 98.6 cm³/mol. The van der Waals surface area contributed by atoms with E-state index in [-0.39, 0.29) is 11.8 Å². The van der Waals surface area contributed by atoms with Gasteiger partial charge >= 0.3 is 6.03 Å². The zero-order chi connectivity index (χ0) is 18.1. The van der Waals surface area contributed by atoms with Gasteiger partial charge in [-0.1, -0.05) is 29.8 Å². The number of hydrogen-bond donors (Lipinski definition) is 2. The largest absolute Gasteiger partial charge is 0.322 e. The normalized spacial score (nSPS) is 13.4. The smallest absolute Gasteiger partial charge is 0.320 e. The van der Waals surface area contributed by atoms with Gasteiger partial charge in [0.1, 0.15) is 11.5 Å². The van der Waals surface area contributed by atoms with Gasteiger partial charge in [0, 0.05) is 40.5 Å². The third-order valence-electron chi connectivity index (χ3n) is 4.43. The Bertz CT molecular complexity index is 972. The van der Waals surface area contributed by atoms with Crippen molar-refractivity contribution < 1.29 is 9.18 Å². The van der Waals surface area contributed by atoms with Crippen LogP contribution < -0.4 is 5.32 Å². The average Bonchev–Trinajstić information content (AvgIpc) is 3.05. The molecule has 0 atom stereocenters. The van der Waals surface area contributed by atoms with E-state index >= 15 is 0 Å². The van der Waals surface area contributed by atoms with Crippen LogP contribution in [0.25, 0.3) is 11.3 Å². The van der Waals surface area contributed by atoms with E-state index in [9.17, 15) is 9.18 Å². The first-order chi connectivity index (χ1) is 12.6. The van der Waals surface area contributed by atoms with Gasteiger partial charge in [0.15, 0.2) is 0 Å². The van der Waals surface area contributed by atoms with E-state index in [1.807, 2.05) is 0 Å². The lowest BCUT2D eigenvalue weighted by molar-refractivity contribution is 0.206. The quantitative estimate of drug-likeness (QED) is 0.699. The highest BCUT2D eigenvalue weighted by molar-refractivity contribution is 6.30. The number of nitrogens with zero attached hydrogens (tertiary/aromatic N) is 2. The van der Waals surface area contributed by atoms with Crippen molar-refractivity contribution >= 4 is 23.3 Å². The zero-order valence-corrected chi connectivity index (χ0v) is 14.6. The number of carbonyl (C=O) groups is 1. The van der Waals surface area contributed by atoms with Gasteiger partial charge in [0.05, 0.1) is 6.54 Å². The van der Waals surface area contributed by atoms with Crippen molar-refractivity contribution in [3.63, 3.8) is 0 Å². The molecule has 7 heteroatoms. The van der Waals surface area contributed by atoms with Gasteiger partial charge in [-0.25, -0.2) is 9.18 Å². The van der Waals surface area contributed by atoms with E-state index in [0.29, 0.717) is 41.5 Å². The van der Waals surface area contributed by atoms with Crippen LogP contribution in [-0.4, -0.2) is 27.7 Å². The number of aromatic amines is 1. The lowest BCUT2D eigenvalue weighted by Crippen LogP contribution is -2.38.